The lowest BCUT2D eigenvalue weighted by Crippen LogP contribution is -2.50. The van der Waals surface area contributed by atoms with Crippen molar-refractivity contribution in [3.05, 3.63) is 11.6 Å². The fourth-order valence-corrected chi connectivity index (χ4v) is 10.5. The summed E-state index contributed by atoms with van der Waals surface area (Å²) >= 11 is 0. The zero-order valence-electron chi connectivity index (χ0n) is 27.9. The van der Waals surface area contributed by atoms with Gasteiger partial charge in [-0.2, -0.15) is 0 Å². The molecule has 234 valence electrons. The van der Waals surface area contributed by atoms with Crippen LogP contribution in [0.5, 0.6) is 0 Å². The van der Waals surface area contributed by atoms with Crippen LogP contribution in [-0.4, -0.2) is 31.4 Å². The molecule has 0 saturated heterocycles. The zero-order chi connectivity index (χ0) is 29.9. The molecule has 4 aliphatic carbocycles. The summed E-state index contributed by atoms with van der Waals surface area (Å²) in [4.78, 5) is 25.7. The Kier molecular flexibility index (Phi) is 10.9. The summed E-state index contributed by atoms with van der Waals surface area (Å²) < 4.78 is 4.99. The number of Topliss-reactive ketones (excluding diaryl/α,β-unsaturated/α-hetero) is 1. The maximum Gasteiger partial charge on any atom is 0.246 e. The van der Waals surface area contributed by atoms with Gasteiger partial charge < -0.3 is 10.1 Å². The van der Waals surface area contributed by atoms with Crippen LogP contribution in [0.1, 0.15) is 132 Å². The fourth-order valence-electron chi connectivity index (χ4n) is 10.5. The molecule has 9 atom stereocenters. The highest BCUT2D eigenvalue weighted by Gasteiger charge is 2.59. The van der Waals surface area contributed by atoms with Crippen LogP contribution in [0, 0.1) is 58.2 Å². The monoisotopic (exact) mass is 569 g/mol. The highest BCUT2D eigenvalue weighted by atomic mass is 16.5. The van der Waals surface area contributed by atoms with Crippen LogP contribution >= 0.6 is 0 Å². The quantitative estimate of drug-likeness (QED) is 0.226. The molecular weight excluding hydrogens is 506 g/mol. The van der Waals surface area contributed by atoms with E-state index in [0.717, 1.165) is 48.3 Å². The van der Waals surface area contributed by atoms with Gasteiger partial charge in [-0.15, -0.1) is 0 Å². The second-order valence-corrected chi connectivity index (χ2v) is 16.3. The summed E-state index contributed by atoms with van der Waals surface area (Å²) in [5.74, 6) is 5.92. The van der Waals surface area contributed by atoms with Crippen molar-refractivity contribution in [2.24, 2.45) is 58.2 Å². The number of allylic oxidation sites excluding steroid dienone is 2. The lowest BCUT2D eigenvalue weighted by atomic mass is 9.46. The van der Waals surface area contributed by atoms with Gasteiger partial charge in [-0.05, 0) is 116 Å². The van der Waals surface area contributed by atoms with Crippen LogP contribution in [0.25, 0.3) is 0 Å². The average molecular weight is 570 g/mol. The minimum absolute atomic E-state index is 0.0108. The van der Waals surface area contributed by atoms with Crippen LogP contribution in [0.15, 0.2) is 11.6 Å². The third-order valence-electron chi connectivity index (χ3n) is 12.6. The van der Waals surface area contributed by atoms with Crippen molar-refractivity contribution in [3.63, 3.8) is 0 Å². The molecule has 0 bridgehead atoms. The minimum Gasteiger partial charge on any atom is -0.375 e. The second kappa shape index (κ2) is 13.6. The van der Waals surface area contributed by atoms with E-state index < -0.39 is 6.04 Å². The van der Waals surface area contributed by atoms with Crippen LogP contribution in [0.2, 0.25) is 0 Å². The predicted octanol–water partition coefficient (Wildman–Crippen LogP) is 8.78. The Labute approximate surface area is 252 Å². The van der Waals surface area contributed by atoms with Crippen molar-refractivity contribution in [1.29, 1.82) is 0 Å². The van der Waals surface area contributed by atoms with Gasteiger partial charge in [-0.3, -0.25) is 9.59 Å². The molecular formula is C37H63NO3. The van der Waals surface area contributed by atoms with E-state index in [2.05, 4.69) is 59.9 Å². The van der Waals surface area contributed by atoms with Gasteiger partial charge in [-0.1, -0.05) is 79.4 Å². The van der Waals surface area contributed by atoms with E-state index >= 15 is 0 Å². The SMILES string of the molecule is COCC(=O)NC(CC(C)C)C(=O)C[C@H]1CC[C@@]2(C)C(=CC[C@H]3[C@@H]4CC[C@H]([C@H](C)CCCC(C)C)[C@@]4(C)CC[C@@H]32)C1. The van der Waals surface area contributed by atoms with Gasteiger partial charge in [0.15, 0.2) is 5.78 Å². The maximum absolute atomic E-state index is 13.4. The number of hydrogen-bond donors (Lipinski definition) is 1. The first-order chi connectivity index (χ1) is 19.4. The van der Waals surface area contributed by atoms with E-state index in [4.69, 9.17) is 4.74 Å². The second-order valence-electron chi connectivity index (χ2n) is 16.3. The van der Waals surface area contributed by atoms with Crippen molar-refractivity contribution in [1.82, 2.24) is 5.32 Å². The standard InChI is InChI=1S/C37H63NO3/c1-24(2)10-9-11-26(5)30-14-15-31-29-13-12-28-21-27(16-18-36(28,6)32(29)17-19-37(30,31)7)22-34(39)33(20-25(3)4)38-35(40)23-41-8/h12,24-27,29-33H,9-11,13-23H2,1-8H3,(H,38,40)/t26-,27+,29+,30-,31+,32+,33?,36+,37-/m1/s1. The van der Waals surface area contributed by atoms with E-state index in [0.29, 0.717) is 35.5 Å². The third kappa shape index (κ3) is 7.15. The van der Waals surface area contributed by atoms with Crippen LogP contribution < -0.4 is 5.32 Å². The van der Waals surface area contributed by atoms with Gasteiger partial charge in [-0.25, -0.2) is 0 Å². The van der Waals surface area contributed by atoms with Crippen molar-refractivity contribution < 1.29 is 14.3 Å². The molecule has 3 fully saturated rings. The van der Waals surface area contributed by atoms with E-state index in [1.54, 1.807) is 5.57 Å². The number of rotatable bonds is 13. The molecule has 0 spiro atoms. The number of ether oxygens (including phenoxy) is 1. The first kappa shape index (κ1) is 32.7. The molecule has 4 aliphatic rings. The molecule has 4 nitrogen and oxygen atoms in total. The lowest BCUT2D eigenvalue weighted by Gasteiger charge is -2.58. The fraction of sp³-hybridized carbons (Fsp3) is 0.892. The molecule has 0 aromatic rings. The molecule has 0 radical (unpaired) electrons. The highest BCUT2D eigenvalue weighted by molar-refractivity contribution is 5.89. The lowest BCUT2D eigenvalue weighted by molar-refractivity contribution is -0.131. The number of carbonyl (C=O) groups is 2. The third-order valence-corrected chi connectivity index (χ3v) is 12.6. The summed E-state index contributed by atoms with van der Waals surface area (Å²) in [6.45, 7) is 16.8. The number of hydrogen-bond acceptors (Lipinski definition) is 3. The van der Waals surface area contributed by atoms with Crippen LogP contribution in [-0.2, 0) is 14.3 Å². The summed E-state index contributed by atoms with van der Waals surface area (Å²) in [7, 11) is 1.52. The van der Waals surface area contributed by atoms with Crippen molar-refractivity contribution in [2.45, 2.75) is 138 Å². The molecule has 0 aromatic heterocycles. The Hall–Kier alpha value is -1.16. The van der Waals surface area contributed by atoms with E-state index in [1.807, 2.05) is 0 Å². The number of ketones is 1. The number of methoxy groups -OCH3 is 1. The Morgan fingerprint density at radius 2 is 1.73 bits per heavy atom. The van der Waals surface area contributed by atoms with E-state index in [9.17, 15) is 9.59 Å². The number of fused-ring (bicyclic) bond motifs is 5. The van der Waals surface area contributed by atoms with Gasteiger partial charge in [0.05, 0.1) is 6.04 Å². The Morgan fingerprint density at radius 1 is 0.976 bits per heavy atom. The molecule has 1 unspecified atom stereocenters. The molecule has 4 rings (SSSR count). The van der Waals surface area contributed by atoms with Crippen LogP contribution in [0.4, 0.5) is 0 Å². The topological polar surface area (TPSA) is 55.4 Å². The molecule has 41 heavy (non-hydrogen) atoms. The van der Waals surface area contributed by atoms with Crippen LogP contribution in [0.3, 0.4) is 0 Å². The molecule has 1 amide bonds. The summed E-state index contributed by atoms with van der Waals surface area (Å²) in [5, 5.41) is 2.96. The largest absolute Gasteiger partial charge is 0.375 e. The molecule has 4 heteroatoms. The predicted molar refractivity (Wildman–Crippen MR) is 169 cm³/mol. The van der Waals surface area contributed by atoms with Gasteiger partial charge in [0.1, 0.15) is 6.61 Å². The Morgan fingerprint density at radius 3 is 2.41 bits per heavy atom. The van der Waals surface area contributed by atoms with Gasteiger partial charge in [0.2, 0.25) is 5.91 Å². The Balaban J connectivity index is 1.40. The maximum atomic E-state index is 13.4. The smallest absolute Gasteiger partial charge is 0.246 e. The highest BCUT2D eigenvalue weighted by Crippen LogP contribution is 2.67. The van der Waals surface area contributed by atoms with Gasteiger partial charge in [0, 0.05) is 13.5 Å². The van der Waals surface area contributed by atoms with E-state index in [-0.39, 0.29) is 18.3 Å². The average Bonchev–Trinajstić information content (AvgIpc) is 3.25. The number of amides is 1. The Bertz CT molecular complexity index is 938. The van der Waals surface area contributed by atoms with Gasteiger partial charge in [0.25, 0.3) is 0 Å². The summed E-state index contributed by atoms with van der Waals surface area (Å²) in [6.07, 6.45) is 18.5. The first-order valence-corrected chi connectivity index (χ1v) is 17.4. The molecule has 0 heterocycles. The van der Waals surface area contributed by atoms with Gasteiger partial charge >= 0.3 is 0 Å². The normalized spacial score (nSPS) is 36.2. The molecule has 0 aliphatic heterocycles. The van der Waals surface area contributed by atoms with Crippen molar-refractivity contribution >= 4 is 11.7 Å². The molecule has 3 saturated carbocycles. The summed E-state index contributed by atoms with van der Waals surface area (Å²) in [5.41, 5.74) is 2.50. The first-order valence-electron chi connectivity index (χ1n) is 17.4. The minimum atomic E-state index is -0.394. The number of nitrogens with one attached hydrogen (secondary N) is 1. The van der Waals surface area contributed by atoms with E-state index in [1.165, 1.54) is 64.9 Å². The van der Waals surface area contributed by atoms with Crippen molar-refractivity contribution in [3.8, 4) is 0 Å². The summed E-state index contributed by atoms with van der Waals surface area (Å²) in [6, 6.07) is -0.394. The molecule has 0 aromatic carbocycles. The number of carbonyl (C=O) groups excluding carboxylic acids is 2. The zero-order valence-corrected chi connectivity index (χ0v) is 27.9. The van der Waals surface area contributed by atoms with Crippen molar-refractivity contribution in [2.75, 3.05) is 13.7 Å². The molecule has 1 N–H and O–H groups in total.